The summed E-state index contributed by atoms with van der Waals surface area (Å²) in [6.45, 7) is 0. The normalized spacial score (nSPS) is 17.5. The molecule has 0 N–H and O–H groups in total. The predicted octanol–water partition coefficient (Wildman–Crippen LogP) is 22.9. The van der Waals surface area contributed by atoms with Crippen molar-refractivity contribution in [2.24, 2.45) is 0 Å². The van der Waals surface area contributed by atoms with Crippen molar-refractivity contribution >= 4 is 99.5 Å². The number of fused-ring (bicyclic) bond motifs is 11. The number of furan rings is 2. The van der Waals surface area contributed by atoms with Gasteiger partial charge in [-0.25, -0.2) is 0 Å². The lowest BCUT2D eigenvalue weighted by atomic mass is 9.84. The highest BCUT2D eigenvalue weighted by molar-refractivity contribution is 6.35. The summed E-state index contributed by atoms with van der Waals surface area (Å²) in [6, 6.07) is 65.2. The monoisotopic (exact) mass is 1020 g/mol. The largest absolute Gasteiger partial charge is 0.456 e. The molecule has 0 radical (unpaired) electrons. The zero-order valence-corrected chi connectivity index (χ0v) is 45.3. The van der Waals surface area contributed by atoms with Crippen molar-refractivity contribution in [1.29, 1.82) is 0 Å². The van der Waals surface area contributed by atoms with Gasteiger partial charge < -0.3 is 18.6 Å². The topological polar surface area (TPSA) is 32.8 Å². The van der Waals surface area contributed by atoms with E-state index in [1.54, 1.807) is 0 Å². The maximum Gasteiger partial charge on any atom is 0.138 e. The van der Waals surface area contributed by atoms with Crippen LogP contribution in [0.2, 0.25) is 0 Å². The fraction of sp³-hybridized carbons (Fsp3) is 0.324. The third-order valence-corrected chi connectivity index (χ3v) is 19.4. The summed E-state index contributed by atoms with van der Waals surface area (Å²) in [5, 5.41) is 9.20. The van der Waals surface area contributed by atoms with Gasteiger partial charge in [-0.05, 0) is 169 Å². The molecule has 15 rings (SSSR count). The molecule has 4 nitrogen and oxygen atoms in total. The number of benzene rings is 9. The first-order chi connectivity index (χ1) is 38.7. The van der Waals surface area contributed by atoms with Crippen molar-refractivity contribution < 1.29 is 8.83 Å². The molecule has 0 atom stereocenters. The third kappa shape index (κ3) is 8.57. The number of nitrogens with zero attached hydrogens (tertiary/aromatic N) is 2. The highest BCUT2D eigenvalue weighted by atomic mass is 16.3. The Morgan fingerprint density at radius 3 is 0.808 bits per heavy atom. The summed E-state index contributed by atoms with van der Waals surface area (Å²) >= 11 is 0. The number of hydrogen-bond acceptors (Lipinski definition) is 4. The van der Waals surface area contributed by atoms with Crippen LogP contribution in [0.15, 0.2) is 179 Å². The first kappa shape index (κ1) is 47.9. The van der Waals surface area contributed by atoms with Crippen molar-refractivity contribution in [2.75, 3.05) is 9.80 Å². The zero-order valence-electron chi connectivity index (χ0n) is 45.3. The highest BCUT2D eigenvalue weighted by Gasteiger charge is 2.28. The van der Waals surface area contributed by atoms with E-state index < -0.39 is 0 Å². The number of hydrogen-bond donors (Lipinski definition) is 0. The van der Waals surface area contributed by atoms with Crippen molar-refractivity contribution in [1.82, 2.24) is 0 Å². The van der Waals surface area contributed by atoms with E-state index in [0.29, 0.717) is 23.7 Å². The van der Waals surface area contributed by atoms with Crippen LogP contribution in [-0.4, -0.2) is 0 Å². The summed E-state index contributed by atoms with van der Waals surface area (Å²) in [6.07, 6.45) is 26.4. The minimum Gasteiger partial charge on any atom is -0.456 e. The molecule has 0 unspecified atom stereocenters. The summed E-state index contributed by atoms with van der Waals surface area (Å²) in [7, 11) is 0. The van der Waals surface area contributed by atoms with Gasteiger partial charge in [0.05, 0.1) is 11.4 Å². The zero-order chi connectivity index (χ0) is 51.5. The fourth-order valence-corrected chi connectivity index (χ4v) is 15.4. The van der Waals surface area contributed by atoms with Gasteiger partial charge in [-0.3, -0.25) is 0 Å². The summed E-state index contributed by atoms with van der Waals surface area (Å²) < 4.78 is 14.3. The molecule has 0 amide bonds. The molecule has 4 aliphatic carbocycles. The van der Waals surface area contributed by atoms with Gasteiger partial charge >= 0.3 is 0 Å². The van der Waals surface area contributed by atoms with Crippen molar-refractivity contribution in [3.05, 3.63) is 192 Å². The lowest BCUT2D eigenvalue weighted by molar-refractivity contribution is 0.443. The van der Waals surface area contributed by atoms with Crippen LogP contribution >= 0.6 is 0 Å². The summed E-state index contributed by atoms with van der Waals surface area (Å²) in [4.78, 5) is 4.97. The van der Waals surface area contributed by atoms with E-state index in [1.165, 1.54) is 195 Å². The van der Waals surface area contributed by atoms with E-state index in [2.05, 4.69) is 180 Å². The van der Waals surface area contributed by atoms with Crippen LogP contribution in [-0.2, 0) is 0 Å². The molecule has 0 bridgehead atoms. The Bertz CT molecular complexity index is 3550. The van der Waals surface area contributed by atoms with Gasteiger partial charge in [-0.1, -0.05) is 174 Å². The molecule has 2 aromatic heterocycles. The Kier molecular flexibility index (Phi) is 12.6. The van der Waals surface area contributed by atoms with E-state index in [1.807, 2.05) is 0 Å². The lowest BCUT2D eigenvalue weighted by Crippen LogP contribution is -2.12. The van der Waals surface area contributed by atoms with Gasteiger partial charge in [0.2, 0.25) is 0 Å². The van der Waals surface area contributed by atoms with Gasteiger partial charge in [0.15, 0.2) is 0 Å². The van der Waals surface area contributed by atoms with Crippen LogP contribution in [0.25, 0.3) is 65.4 Å². The average Bonchev–Trinajstić information content (AvgIpc) is 4.19. The summed E-state index contributed by atoms with van der Waals surface area (Å²) in [5.74, 6) is 2.59. The fourth-order valence-electron chi connectivity index (χ4n) is 15.4. The molecule has 0 saturated heterocycles. The molecule has 4 aliphatic rings. The molecule has 390 valence electrons. The van der Waals surface area contributed by atoms with Gasteiger partial charge in [-0.2, -0.15) is 0 Å². The van der Waals surface area contributed by atoms with Crippen LogP contribution in [0.1, 0.15) is 174 Å². The second-order valence-corrected chi connectivity index (χ2v) is 24.0. The van der Waals surface area contributed by atoms with Crippen LogP contribution in [0.3, 0.4) is 0 Å². The SMILES string of the molecule is c1ccc2c(c1)c(N(c1ccc(C3CCCCC3)cc1)c1ccc(C3CCCCC3)cc1)cc1oc3ccc4oc5cc(N(c6ccc(C7CCCCC7)cc6)c6ccc(C7CCCCC7)cc6)c6ccccc6c5c4c3c12. The van der Waals surface area contributed by atoms with Gasteiger partial charge in [0.25, 0.3) is 0 Å². The number of rotatable bonds is 10. The second kappa shape index (κ2) is 20.5. The van der Waals surface area contributed by atoms with Crippen LogP contribution in [0.4, 0.5) is 34.1 Å². The molecule has 4 heteroatoms. The minimum absolute atomic E-state index is 0.647. The van der Waals surface area contributed by atoms with Gasteiger partial charge in [-0.15, -0.1) is 0 Å². The molecular weight excluding hydrogens is 949 g/mol. The standard InChI is InChI=1S/C74H72N2O2/c1-5-17-49(18-6-1)53-29-37-57(38-30-53)75(58-39-31-54(32-40-58)50-19-7-2-8-20-50)65-47-69-71(63-27-15-13-25-61(63)65)73-67(77-69)45-46-68-74(73)72-64-28-16-14-26-62(64)66(48-70(72)78-68)76(59-41-33-55(34-42-59)51-21-9-3-10-22-51)60-43-35-56(36-44-60)52-23-11-4-12-24-52/h13-16,25-52H,1-12,17-24H2. The molecule has 11 aromatic rings. The van der Waals surface area contributed by atoms with E-state index in [9.17, 15) is 0 Å². The first-order valence-corrected chi connectivity index (χ1v) is 30.3. The van der Waals surface area contributed by atoms with E-state index in [4.69, 9.17) is 8.83 Å². The lowest BCUT2D eigenvalue weighted by Gasteiger charge is -2.29. The Morgan fingerprint density at radius 2 is 0.526 bits per heavy atom. The van der Waals surface area contributed by atoms with Crippen LogP contribution in [0, 0.1) is 0 Å². The Balaban J connectivity index is 0.900. The average molecular weight is 1020 g/mol. The van der Waals surface area contributed by atoms with Gasteiger partial charge in [0, 0.05) is 67.2 Å². The molecule has 0 spiro atoms. The van der Waals surface area contributed by atoms with E-state index in [0.717, 1.165) is 55.3 Å². The molecule has 4 fully saturated rings. The van der Waals surface area contributed by atoms with E-state index in [-0.39, 0.29) is 0 Å². The van der Waals surface area contributed by atoms with Crippen molar-refractivity contribution in [3.63, 3.8) is 0 Å². The maximum atomic E-state index is 7.17. The van der Waals surface area contributed by atoms with Crippen LogP contribution in [0.5, 0.6) is 0 Å². The molecule has 9 aromatic carbocycles. The molecular formula is C74H72N2O2. The first-order valence-electron chi connectivity index (χ1n) is 30.3. The second-order valence-electron chi connectivity index (χ2n) is 24.0. The number of anilines is 6. The summed E-state index contributed by atoms with van der Waals surface area (Å²) in [5.41, 5.74) is 16.3. The maximum absolute atomic E-state index is 7.17. The van der Waals surface area contributed by atoms with E-state index >= 15 is 0 Å². The Morgan fingerprint density at radius 1 is 0.256 bits per heavy atom. The van der Waals surface area contributed by atoms with Crippen molar-refractivity contribution in [2.45, 2.75) is 152 Å². The van der Waals surface area contributed by atoms with Crippen molar-refractivity contribution in [3.8, 4) is 0 Å². The smallest absolute Gasteiger partial charge is 0.138 e. The third-order valence-electron chi connectivity index (χ3n) is 19.4. The Hall–Kier alpha value is -7.30. The Labute approximate surface area is 460 Å². The molecule has 4 saturated carbocycles. The molecule has 2 heterocycles. The predicted molar refractivity (Wildman–Crippen MR) is 329 cm³/mol. The van der Waals surface area contributed by atoms with Gasteiger partial charge in [0.1, 0.15) is 22.3 Å². The molecule has 0 aliphatic heterocycles. The highest BCUT2D eigenvalue weighted by Crippen LogP contribution is 2.51. The molecule has 78 heavy (non-hydrogen) atoms. The minimum atomic E-state index is 0.647. The van der Waals surface area contributed by atoms with Crippen LogP contribution < -0.4 is 9.80 Å². The quantitative estimate of drug-likeness (QED) is 0.137.